The molecular formula is C22H18ClNO. The minimum Gasteiger partial charge on any atom is -0.392 e. The predicted molar refractivity (Wildman–Crippen MR) is 102 cm³/mol. The average Bonchev–Trinajstić information content (AvgIpc) is 2.67. The molecule has 1 heterocycles. The molecule has 0 fully saturated rings. The maximum atomic E-state index is 9.04. The van der Waals surface area contributed by atoms with Gasteiger partial charge < -0.3 is 5.11 Å². The van der Waals surface area contributed by atoms with Crippen LogP contribution in [0.2, 0.25) is 5.02 Å². The summed E-state index contributed by atoms with van der Waals surface area (Å²) in [6.07, 6.45) is 3.50. The Balaban J connectivity index is 1.58. The van der Waals surface area contributed by atoms with Gasteiger partial charge in [0.2, 0.25) is 0 Å². The highest BCUT2D eigenvalue weighted by atomic mass is 35.5. The molecule has 0 spiro atoms. The molecule has 0 aliphatic carbocycles. The number of aliphatic hydroxyl groups excluding tert-OH is 1. The molecule has 0 saturated heterocycles. The van der Waals surface area contributed by atoms with Crippen LogP contribution in [0.25, 0.3) is 11.1 Å². The van der Waals surface area contributed by atoms with Gasteiger partial charge in [-0.05, 0) is 47.2 Å². The summed E-state index contributed by atoms with van der Waals surface area (Å²) in [4.78, 5) is 4.41. The first kappa shape index (κ1) is 17.2. The first-order valence-corrected chi connectivity index (χ1v) is 8.52. The van der Waals surface area contributed by atoms with Gasteiger partial charge >= 0.3 is 0 Å². The van der Waals surface area contributed by atoms with Gasteiger partial charge in [-0.3, -0.25) is 0 Å². The second kappa shape index (κ2) is 8.48. The molecule has 0 aliphatic heterocycles. The van der Waals surface area contributed by atoms with E-state index in [0.717, 1.165) is 40.2 Å². The Morgan fingerprint density at radius 2 is 1.52 bits per heavy atom. The predicted octanol–water partition coefficient (Wildman–Crippen LogP) is 4.88. The Labute approximate surface area is 153 Å². The van der Waals surface area contributed by atoms with Gasteiger partial charge in [0, 0.05) is 23.2 Å². The molecule has 25 heavy (non-hydrogen) atoms. The molecule has 0 bridgehead atoms. The van der Waals surface area contributed by atoms with E-state index in [-0.39, 0.29) is 6.61 Å². The van der Waals surface area contributed by atoms with Crippen LogP contribution in [0.1, 0.15) is 23.2 Å². The van der Waals surface area contributed by atoms with Gasteiger partial charge in [0.25, 0.3) is 0 Å². The van der Waals surface area contributed by atoms with E-state index in [9.17, 15) is 0 Å². The molecule has 0 radical (unpaired) electrons. The van der Waals surface area contributed by atoms with Crippen molar-refractivity contribution in [2.45, 2.75) is 19.4 Å². The average molecular weight is 348 g/mol. The van der Waals surface area contributed by atoms with E-state index < -0.39 is 0 Å². The van der Waals surface area contributed by atoms with Crippen LogP contribution >= 0.6 is 11.6 Å². The zero-order valence-corrected chi connectivity index (χ0v) is 14.5. The number of nitrogens with zero attached hydrogens (tertiary/aromatic N) is 1. The summed E-state index contributed by atoms with van der Waals surface area (Å²) in [7, 11) is 0. The number of hydrogen-bond acceptors (Lipinski definition) is 2. The minimum atomic E-state index is 0.0811. The highest BCUT2D eigenvalue weighted by Gasteiger charge is 1.98. The number of hydrogen-bond donors (Lipinski definition) is 1. The maximum Gasteiger partial charge on any atom is 0.113 e. The van der Waals surface area contributed by atoms with Crippen molar-refractivity contribution in [3.8, 4) is 23.0 Å². The van der Waals surface area contributed by atoms with Gasteiger partial charge in [0.1, 0.15) is 5.69 Å². The van der Waals surface area contributed by atoms with Crippen molar-refractivity contribution in [3.05, 3.63) is 88.7 Å². The molecule has 0 saturated carbocycles. The van der Waals surface area contributed by atoms with E-state index >= 15 is 0 Å². The van der Waals surface area contributed by atoms with Gasteiger partial charge in [-0.1, -0.05) is 60.0 Å². The van der Waals surface area contributed by atoms with E-state index in [1.165, 1.54) is 5.56 Å². The van der Waals surface area contributed by atoms with E-state index in [2.05, 4.69) is 16.8 Å². The Hall–Kier alpha value is -2.60. The van der Waals surface area contributed by atoms with Gasteiger partial charge in [0.05, 0.1) is 6.61 Å². The van der Waals surface area contributed by atoms with Crippen molar-refractivity contribution in [1.29, 1.82) is 0 Å². The topological polar surface area (TPSA) is 33.1 Å². The highest BCUT2D eigenvalue weighted by molar-refractivity contribution is 6.30. The SMILES string of the molecule is OCc1ccc(CCC#Cc2ccc(-c3ccc(Cl)cc3)cn2)cc1. The van der Waals surface area contributed by atoms with Crippen LogP contribution in [-0.2, 0) is 13.0 Å². The zero-order chi connectivity index (χ0) is 17.5. The molecule has 2 aromatic carbocycles. The molecule has 1 N–H and O–H groups in total. The molecule has 3 rings (SSSR count). The number of aromatic nitrogens is 1. The molecule has 0 atom stereocenters. The third kappa shape index (κ3) is 4.93. The number of aliphatic hydroxyl groups is 1. The lowest BCUT2D eigenvalue weighted by Gasteiger charge is -2.01. The summed E-state index contributed by atoms with van der Waals surface area (Å²) in [6, 6.07) is 19.6. The summed E-state index contributed by atoms with van der Waals surface area (Å²) in [5.41, 5.74) is 5.06. The molecule has 2 nitrogen and oxygen atoms in total. The van der Waals surface area contributed by atoms with E-state index in [4.69, 9.17) is 16.7 Å². The summed E-state index contributed by atoms with van der Waals surface area (Å²) < 4.78 is 0. The second-order valence-electron chi connectivity index (χ2n) is 5.72. The molecule has 1 aromatic heterocycles. The summed E-state index contributed by atoms with van der Waals surface area (Å²) in [5.74, 6) is 6.27. The van der Waals surface area contributed by atoms with Gasteiger partial charge in [-0.2, -0.15) is 0 Å². The minimum absolute atomic E-state index is 0.0811. The van der Waals surface area contributed by atoms with Crippen LogP contribution < -0.4 is 0 Å². The highest BCUT2D eigenvalue weighted by Crippen LogP contribution is 2.20. The maximum absolute atomic E-state index is 9.04. The molecule has 3 aromatic rings. The van der Waals surface area contributed by atoms with Crippen LogP contribution in [0.4, 0.5) is 0 Å². The Morgan fingerprint density at radius 1 is 0.840 bits per heavy atom. The van der Waals surface area contributed by atoms with E-state index in [0.29, 0.717) is 0 Å². The smallest absolute Gasteiger partial charge is 0.113 e. The van der Waals surface area contributed by atoms with Gasteiger partial charge in [-0.25, -0.2) is 4.98 Å². The first-order chi connectivity index (χ1) is 12.2. The Kier molecular flexibility index (Phi) is 5.85. The quantitative estimate of drug-likeness (QED) is 0.682. The van der Waals surface area contributed by atoms with E-state index in [1.54, 1.807) is 0 Å². The summed E-state index contributed by atoms with van der Waals surface area (Å²) in [6.45, 7) is 0.0811. The van der Waals surface area contributed by atoms with Crippen molar-refractivity contribution >= 4 is 11.6 Å². The van der Waals surface area contributed by atoms with Crippen LogP contribution in [0.3, 0.4) is 0 Å². The Morgan fingerprint density at radius 3 is 2.16 bits per heavy atom. The van der Waals surface area contributed by atoms with Crippen LogP contribution in [0, 0.1) is 11.8 Å². The zero-order valence-electron chi connectivity index (χ0n) is 13.7. The molecule has 124 valence electrons. The lowest BCUT2D eigenvalue weighted by Crippen LogP contribution is -1.87. The standard InChI is InChI=1S/C22H18ClNO/c23-21-12-9-19(10-13-21)20-11-14-22(24-15-20)4-2-1-3-17-5-7-18(16-25)8-6-17/h5-15,25H,1,3,16H2. The number of halogens is 1. The van der Waals surface area contributed by atoms with Crippen molar-refractivity contribution in [2.75, 3.05) is 0 Å². The molecule has 0 amide bonds. The largest absolute Gasteiger partial charge is 0.392 e. The molecule has 3 heteroatoms. The van der Waals surface area contributed by atoms with Gasteiger partial charge in [0.15, 0.2) is 0 Å². The van der Waals surface area contributed by atoms with Crippen LogP contribution in [-0.4, -0.2) is 10.1 Å². The fourth-order valence-electron chi connectivity index (χ4n) is 2.45. The number of pyridine rings is 1. The molecular weight excluding hydrogens is 330 g/mol. The molecule has 0 aliphatic rings. The Bertz CT molecular complexity index is 873. The summed E-state index contributed by atoms with van der Waals surface area (Å²) in [5, 5.41) is 9.76. The van der Waals surface area contributed by atoms with Crippen molar-refractivity contribution in [3.63, 3.8) is 0 Å². The van der Waals surface area contributed by atoms with Crippen molar-refractivity contribution in [1.82, 2.24) is 4.98 Å². The van der Waals surface area contributed by atoms with Crippen molar-refractivity contribution < 1.29 is 5.11 Å². The fraction of sp³-hybridized carbons (Fsp3) is 0.136. The second-order valence-corrected chi connectivity index (χ2v) is 6.15. The fourth-order valence-corrected chi connectivity index (χ4v) is 2.58. The lowest BCUT2D eigenvalue weighted by molar-refractivity contribution is 0.282. The van der Waals surface area contributed by atoms with E-state index in [1.807, 2.05) is 66.9 Å². The number of aryl methyl sites for hydroxylation is 1. The van der Waals surface area contributed by atoms with Crippen LogP contribution in [0.15, 0.2) is 66.9 Å². The number of benzene rings is 2. The van der Waals surface area contributed by atoms with Gasteiger partial charge in [-0.15, -0.1) is 0 Å². The first-order valence-electron chi connectivity index (χ1n) is 8.14. The van der Waals surface area contributed by atoms with Crippen LogP contribution in [0.5, 0.6) is 0 Å². The third-order valence-corrected chi connectivity index (χ3v) is 4.15. The molecule has 0 unspecified atom stereocenters. The number of rotatable bonds is 4. The normalized spacial score (nSPS) is 10.2. The monoisotopic (exact) mass is 347 g/mol. The summed E-state index contributed by atoms with van der Waals surface area (Å²) >= 11 is 5.91. The van der Waals surface area contributed by atoms with Crippen molar-refractivity contribution in [2.24, 2.45) is 0 Å². The lowest BCUT2D eigenvalue weighted by atomic mass is 10.1. The third-order valence-electron chi connectivity index (χ3n) is 3.90.